The number of amides is 3. The summed E-state index contributed by atoms with van der Waals surface area (Å²) in [5.41, 5.74) is 0.868. The molecule has 3 amide bonds. The molecule has 2 aromatic rings. The molecule has 0 radical (unpaired) electrons. The van der Waals surface area contributed by atoms with E-state index in [9.17, 15) is 19.2 Å². The third-order valence-corrected chi connectivity index (χ3v) is 4.96. The Hall–Kier alpha value is -3.68. The minimum absolute atomic E-state index is 0.215. The number of benzene rings is 2. The maximum absolute atomic E-state index is 12.9. The Morgan fingerprint density at radius 3 is 1.93 bits per heavy atom. The third-order valence-electron chi connectivity index (χ3n) is 4.96. The first-order valence-electron chi connectivity index (χ1n) is 8.51. The summed E-state index contributed by atoms with van der Waals surface area (Å²) in [6, 6.07) is 10.5. The van der Waals surface area contributed by atoms with E-state index in [0.717, 1.165) is 4.90 Å². The van der Waals surface area contributed by atoms with Gasteiger partial charge in [0.15, 0.2) is 12.1 Å². The molecule has 2 heterocycles. The standard InChI is InChI=1S/C20H16N2O6/c1-27-12-9-7-11(8-10-12)21-16(20(26)28-2)15(19(21)25)22-17(23)13-5-3-4-6-14(13)18(22)24/h3-10,15-16H,1-2H3/t15-,16-/m1/s1. The van der Waals surface area contributed by atoms with Gasteiger partial charge in [0, 0.05) is 5.69 Å². The summed E-state index contributed by atoms with van der Waals surface area (Å²) in [6.45, 7) is 0. The number of hydrogen-bond acceptors (Lipinski definition) is 6. The molecule has 1 saturated heterocycles. The zero-order chi connectivity index (χ0) is 20.0. The lowest BCUT2D eigenvalue weighted by atomic mass is 9.92. The highest BCUT2D eigenvalue weighted by Crippen LogP contribution is 2.36. The summed E-state index contributed by atoms with van der Waals surface area (Å²) in [6.07, 6.45) is 0. The number of β-lactam (4-membered cyclic amide) rings is 1. The van der Waals surface area contributed by atoms with E-state index in [1.54, 1.807) is 36.4 Å². The molecule has 0 N–H and O–H groups in total. The van der Waals surface area contributed by atoms with Gasteiger partial charge < -0.3 is 9.47 Å². The Morgan fingerprint density at radius 2 is 1.43 bits per heavy atom. The number of hydrogen-bond donors (Lipinski definition) is 0. The summed E-state index contributed by atoms with van der Waals surface area (Å²) in [7, 11) is 2.70. The zero-order valence-electron chi connectivity index (χ0n) is 15.1. The van der Waals surface area contributed by atoms with Crippen molar-refractivity contribution in [2.45, 2.75) is 12.1 Å². The molecule has 4 rings (SSSR count). The minimum atomic E-state index is -1.25. The Balaban J connectivity index is 1.70. The molecule has 0 aliphatic carbocycles. The molecule has 1 fully saturated rings. The average molecular weight is 380 g/mol. The van der Waals surface area contributed by atoms with Crippen molar-refractivity contribution in [3.05, 3.63) is 59.7 Å². The molecule has 0 aromatic heterocycles. The lowest BCUT2D eigenvalue weighted by Gasteiger charge is -2.47. The lowest BCUT2D eigenvalue weighted by Crippen LogP contribution is -2.74. The Morgan fingerprint density at radius 1 is 0.857 bits per heavy atom. The van der Waals surface area contributed by atoms with Gasteiger partial charge in [0.25, 0.3) is 17.7 Å². The number of rotatable bonds is 4. The first-order chi connectivity index (χ1) is 13.5. The van der Waals surface area contributed by atoms with Gasteiger partial charge in [0.2, 0.25) is 0 Å². The number of imide groups is 1. The van der Waals surface area contributed by atoms with Crippen molar-refractivity contribution < 1.29 is 28.7 Å². The molecule has 0 unspecified atom stereocenters. The molecular formula is C20H16N2O6. The highest BCUT2D eigenvalue weighted by molar-refractivity contribution is 6.26. The van der Waals surface area contributed by atoms with Crippen molar-refractivity contribution in [1.29, 1.82) is 0 Å². The number of esters is 1. The second-order valence-corrected chi connectivity index (χ2v) is 6.34. The molecular weight excluding hydrogens is 364 g/mol. The molecule has 0 bridgehead atoms. The smallest absolute Gasteiger partial charge is 0.331 e. The average Bonchev–Trinajstić information content (AvgIpc) is 2.97. The van der Waals surface area contributed by atoms with Crippen LogP contribution in [0.3, 0.4) is 0 Å². The molecule has 142 valence electrons. The van der Waals surface area contributed by atoms with Gasteiger partial charge in [0.05, 0.1) is 25.3 Å². The zero-order valence-corrected chi connectivity index (χ0v) is 15.1. The van der Waals surface area contributed by atoms with Crippen molar-refractivity contribution in [2.24, 2.45) is 0 Å². The second kappa shape index (κ2) is 6.49. The molecule has 2 aliphatic heterocycles. The van der Waals surface area contributed by atoms with E-state index >= 15 is 0 Å². The minimum Gasteiger partial charge on any atom is -0.497 e. The molecule has 28 heavy (non-hydrogen) atoms. The number of carbonyl (C=O) groups excluding carboxylic acids is 4. The van der Waals surface area contributed by atoms with Crippen LogP contribution in [-0.2, 0) is 14.3 Å². The maximum Gasteiger partial charge on any atom is 0.331 e. The summed E-state index contributed by atoms with van der Waals surface area (Å²) in [4.78, 5) is 52.9. The van der Waals surface area contributed by atoms with Crippen LogP contribution >= 0.6 is 0 Å². The number of nitrogens with zero attached hydrogens (tertiary/aromatic N) is 2. The van der Waals surface area contributed by atoms with Crippen molar-refractivity contribution in [2.75, 3.05) is 19.1 Å². The van der Waals surface area contributed by atoms with Crippen LogP contribution in [0.1, 0.15) is 20.7 Å². The Labute approximate surface area is 160 Å². The summed E-state index contributed by atoms with van der Waals surface area (Å²) in [5, 5.41) is 0. The normalized spacial score (nSPS) is 20.7. The van der Waals surface area contributed by atoms with E-state index in [2.05, 4.69) is 0 Å². The molecule has 8 nitrogen and oxygen atoms in total. The highest BCUT2D eigenvalue weighted by atomic mass is 16.5. The van der Waals surface area contributed by atoms with E-state index in [4.69, 9.17) is 9.47 Å². The van der Waals surface area contributed by atoms with Gasteiger partial charge in [-0.1, -0.05) is 12.1 Å². The fourth-order valence-electron chi connectivity index (χ4n) is 3.57. The van der Waals surface area contributed by atoms with Crippen LogP contribution in [0.4, 0.5) is 5.69 Å². The number of carbonyl (C=O) groups is 4. The first kappa shape index (κ1) is 17.7. The van der Waals surface area contributed by atoms with Gasteiger partial charge in [-0.3, -0.25) is 24.2 Å². The van der Waals surface area contributed by atoms with Crippen molar-refractivity contribution in [3.63, 3.8) is 0 Å². The largest absolute Gasteiger partial charge is 0.497 e. The molecule has 0 saturated carbocycles. The maximum atomic E-state index is 12.9. The molecule has 2 aliphatic rings. The van der Waals surface area contributed by atoms with Crippen LogP contribution < -0.4 is 9.64 Å². The Bertz CT molecular complexity index is 965. The van der Waals surface area contributed by atoms with Gasteiger partial charge >= 0.3 is 5.97 Å². The first-order valence-corrected chi connectivity index (χ1v) is 8.51. The lowest BCUT2D eigenvalue weighted by molar-refractivity contribution is -0.151. The number of methoxy groups -OCH3 is 2. The quantitative estimate of drug-likeness (QED) is 0.450. The van der Waals surface area contributed by atoms with Crippen LogP contribution in [-0.4, -0.2) is 54.9 Å². The van der Waals surface area contributed by atoms with E-state index < -0.39 is 35.8 Å². The highest BCUT2D eigenvalue weighted by Gasteiger charge is 2.60. The monoisotopic (exact) mass is 380 g/mol. The van der Waals surface area contributed by atoms with Crippen LogP contribution in [0, 0.1) is 0 Å². The third kappa shape index (κ3) is 2.38. The SMILES string of the molecule is COC(=O)[C@H]1[C@@H](N2C(=O)c3ccccc3C2=O)C(=O)N1c1ccc(OC)cc1. The van der Waals surface area contributed by atoms with Gasteiger partial charge in [0.1, 0.15) is 5.75 Å². The topological polar surface area (TPSA) is 93.2 Å². The van der Waals surface area contributed by atoms with Crippen molar-refractivity contribution >= 4 is 29.4 Å². The fourth-order valence-corrected chi connectivity index (χ4v) is 3.57. The van der Waals surface area contributed by atoms with Crippen molar-refractivity contribution in [3.8, 4) is 5.75 Å². The Kier molecular flexibility index (Phi) is 4.11. The molecule has 2 atom stereocenters. The number of ether oxygens (including phenoxy) is 2. The van der Waals surface area contributed by atoms with Gasteiger partial charge in [-0.25, -0.2) is 4.79 Å². The van der Waals surface area contributed by atoms with E-state index in [1.807, 2.05) is 0 Å². The fraction of sp³-hybridized carbons (Fsp3) is 0.200. The molecule has 8 heteroatoms. The van der Waals surface area contributed by atoms with E-state index in [0.29, 0.717) is 11.4 Å². The van der Waals surface area contributed by atoms with Crippen molar-refractivity contribution in [1.82, 2.24) is 4.90 Å². The summed E-state index contributed by atoms with van der Waals surface area (Å²) < 4.78 is 9.93. The molecule has 2 aromatic carbocycles. The summed E-state index contributed by atoms with van der Waals surface area (Å²) in [5.74, 6) is -1.85. The van der Waals surface area contributed by atoms with Crippen LogP contribution in [0.2, 0.25) is 0 Å². The predicted octanol–water partition coefficient (Wildman–Crippen LogP) is 1.25. The van der Waals surface area contributed by atoms with E-state index in [-0.39, 0.29) is 11.1 Å². The van der Waals surface area contributed by atoms with Crippen LogP contribution in [0.25, 0.3) is 0 Å². The molecule has 0 spiro atoms. The predicted molar refractivity (Wildman–Crippen MR) is 97.0 cm³/mol. The van der Waals surface area contributed by atoms with Crippen LogP contribution in [0.5, 0.6) is 5.75 Å². The summed E-state index contributed by atoms with van der Waals surface area (Å²) >= 11 is 0. The van der Waals surface area contributed by atoms with E-state index in [1.165, 1.54) is 31.3 Å². The van der Waals surface area contributed by atoms with Gasteiger partial charge in [-0.05, 0) is 36.4 Å². The van der Waals surface area contributed by atoms with Gasteiger partial charge in [-0.2, -0.15) is 0 Å². The number of fused-ring (bicyclic) bond motifs is 1. The number of anilines is 1. The van der Waals surface area contributed by atoms with Crippen LogP contribution in [0.15, 0.2) is 48.5 Å². The second-order valence-electron chi connectivity index (χ2n) is 6.34. The van der Waals surface area contributed by atoms with Gasteiger partial charge in [-0.15, -0.1) is 0 Å².